The average Bonchev–Trinajstić information content (AvgIpc) is 2.30. The summed E-state index contributed by atoms with van der Waals surface area (Å²) >= 11 is 3.02. The Bertz CT molecular complexity index is 394. The second-order valence-electron chi connectivity index (χ2n) is 3.47. The summed E-state index contributed by atoms with van der Waals surface area (Å²) in [5.41, 5.74) is -0.743. The van der Waals surface area contributed by atoms with Gasteiger partial charge in [-0.15, -0.1) is 0 Å². The van der Waals surface area contributed by atoms with Crippen molar-refractivity contribution in [1.29, 1.82) is 0 Å². The number of benzene rings is 1. The van der Waals surface area contributed by atoms with Crippen molar-refractivity contribution in [2.45, 2.75) is 12.5 Å². The first kappa shape index (κ1) is 15.3. The molecule has 1 aromatic carbocycles. The summed E-state index contributed by atoms with van der Waals surface area (Å²) in [6.45, 7) is 0.123. The molecule has 1 aromatic rings. The Labute approximate surface area is 111 Å². The van der Waals surface area contributed by atoms with Gasteiger partial charge in [-0.05, 0) is 18.2 Å². The van der Waals surface area contributed by atoms with E-state index < -0.39 is 18.0 Å². The van der Waals surface area contributed by atoms with Gasteiger partial charge in [-0.2, -0.15) is 13.2 Å². The van der Waals surface area contributed by atoms with E-state index in [2.05, 4.69) is 21.2 Å². The third-order valence-electron chi connectivity index (χ3n) is 2.27. The van der Waals surface area contributed by atoms with Crippen LogP contribution in [0, 0.1) is 0 Å². The SMILES string of the molecule is COC(CNc1ccc(Br)cc1C(F)(F)F)OC. The molecule has 0 spiro atoms. The molecule has 0 saturated carbocycles. The van der Waals surface area contributed by atoms with Crippen LogP contribution in [-0.2, 0) is 15.7 Å². The number of hydrogen-bond donors (Lipinski definition) is 1. The fraction of sp³-hybridized carbons (Fsp3) is 0.455. The van der Waals surface area contributed by atoms with E-state index in [1.54, 1.807) is 0 Å². The summed E-state index contributed by atoms with van der Waals surface area (Å²) in [5, 5.41) is 2.66. The number of alkyl halides is 3. The Morgan fingerprint density at radius 1 is 1.28 bits per heavy atom. The maximum absolute atomic E-state index is 12.8. The molecule has 1 N–H and O–H groups in total. The normalized spacial score (nSPS) is 11.9. The van der Waals surface area contributed by atoms with E-state index in [0.717, 1.165) is 6.07 Å². The molecule has 7 heteroatoms. The van der Waals surface area contributed by atoms with Gasteiger partial charge in [-0.3, -0.25) is 0 Å². The van der Waals surface area contributed by atoms with E-state index in [1.165, 1.54) is 26.4 Å². The average molecular weight is 328 g/mol. The molecule has 18 heavy (non-hydrogen) atoms. The molecule has 0 aliphatic rings. The molecule has 0 aliphatic carbocycles. The topological polar surface area (TPSA) is 30.5 Å². The van der Waals surface area contributed by atoms with E-state index in [-0.39, 0.29) is 12.2 Å². The number of ether oxygens (including phenoxy) is 2. The lowest BCUT2D eigenvalue weighted by molar-refractivity contribution is -0.137. The second-order valence-corrected chi connectivity index (χ2v) is 4.39. The maximum atomic E-state index is 12.8. The quantitative estimate of drug-likeness (QED) is 0.840. The van der Waals surface area contributed by atoms with Crippen LogP contribution in [0.3, 0.4) is 0 Å². The van der Waals surface area contributed by atoms with Crippen LogP contribution in [0.1, 0.15) is 5.56 Å². The second kappa shape index (κ2) is 6.40. The van der Waals surface area contributed by atoms with Crippen molar-refractivity contribution in [2.24, 2.45) is 0 Å². The van der Waals surface area contributed by atoms with Crippen LogP contribution in [0.2, 0.25) is 0 Å². The van der Waals surface area contributed by atoms with Crippen LogP contribution in [0.4, 0.5) is 18.9 Å². The van der Waals surface area contributed by atoms with Crippen molar-refractivity contribution in [1.82, 2.24) is 0 Å². The minimum absolute atomic E-state index is 0.00944. The smallest absolute Gasteiger partial charge is 0.379 e. The van der Waals surface area contributed by atoms with Gasteiger partial charge in [0.1, 0.15) is 0 Å². The predicted octanol–water partition coefficient (Wildman–Crippen LogP) is 3.50. The Morgan fingerprint density at radius 2 is 1.89 bits per heavy atom. The lowest BCUT2D eigenvalue weighted by Crippen LogP contribution is -2.24. The fourth-order valence-corrected chi connectivity index (χ4v) is 1.72. The summed E-state index contributed by atoms with van der Waals surface area (Å²) in [6.07, 6.45) is -5.02. The van der Waals surface area contributed by atoms with E-state index in [4.69, 9.17) is 9.47 Å². The molecule has 0 aromatic heterocycles. The number of hydrogen-bond acceptors (Lipinski definition) is 3. The van der Waals surface area contributed by atoms with Crippen LogP contribution < -0.4 is 5.32 Å². The van der Waals surface area contributed by atoms with E-state index in [0.29, 0.717) is 4.47 Å². The molecule has 0 radical (unpaired) electrons. The highest BCUT2D eigenvalue weighted by atomic mass is 79.9. The Morgan fingerprint density at radius 3 is 2.39 bits per heavy atom. The standard InChI is InChI=1S/C11H13BrF3NO2/c1-17-10(18-2)6-16-9-4-3-7(12)5-8(9)11(13,14)15/h3-5,10,16H,6H2,1-2H3. The monoisotopic (exact) mass is 327 g/mol. The van der Waals surface area contributed by atoms with E-state index in [1.807, 2.05) is 0 Å². The number of nitrogens with one attached hydrogen (secondary N) is 1. The van der Waals surface area contributed by atoms with Gasteiger partial charge >= 0.3 is 6.18 Å². The van der Waals surface area contributed by atoms with Crippen LogP contribution >= 0.6 is 15.9 Å². The van der Waals surface area contributed by atoms with Gasteiger partial charge in [0.25, 0.3) is 0 Å². The van der Waals surface area contributed by atoms with E-state index >= 15 is 0 Å². The molecular formula is C11H13BrF3NO2. The first-order valence-electron chi connectivity index (χ1n) is 5.04. The summed E-state index contributed by atoms with van der Waals surface area (Å²) in [6, 6.07) is 3.92. The summed E-state index contributed by atoms with van der Waals surface area (Å²) in [5.74, 6) is 0. The number of rotatable bonds is 5. The molecule has 0 saturated heterocycles. The molecule has 0 heterocycles. The molecule has 0 unspecified atom stereocenters. The van der Waals surface area contributed by atoms with Gasteiger partial charge in [-0.25, -0.2) is 0 Å². The fourth-order valence-electron chi connectivity index (χ4n) is 1.36. The predicted molar refractivity (Wildman–Crippen MR) is 65.4 cm³/mol. The van der Waals surface area contributed by atoms with Crippen LogP contribution in [0.15, 0.2) is 22.7 Å². The van der Waals surface area contributed by atoms with Gasteiger partial charge in [0, 0.05) is 24.4 Å². The van der Waals surface area contributed by atoms with Gasteiger partial charge in [0.05, 0.1) is 12.1 Å². The highest BCUT2D eigenvalue weighted by Crippen LogP contribution is 2.36. The van der Waals surface area contributed by atoms with Gasteiger partial charge in [0.2, 0.25) is 0 Å². The van der Waals surface area contributed by atoms with Crippen molar-refractivity contribution < 1.29 is 22.6 Å². The zero-order chi connectivity index (χ0) is 13.8. The number of anilines is 1. The largest absolute Gasteiger partial charge is 0.418 e. The van der Waals surface area contributed by atoms with Crippen LogP contribution in [0.5, 0.6) is 0 Å². The number of halogens is 4. The maximum Gasteiger partial charge on any atom is 0.418 e. The summed E-state index contributed by atoms with van der Waals surface area (Å²) < 4.78 is 48.5. The molecule has 0 amide bonds. The third-order valence-corrected chi connectivity index (χ3v) is 2.77. The van der Waals surface area contributed by atoms with Crippen molar-refractivity contribution in [3.63, 3.8) is 0 Å². The van der Waals surface area contributed by atoms with Crippen molar-refractivity contribution in [2.75, 3.05) is 26.1 Å². The van der Waals surface area contributed by atoms with Crippen LogP contribution in [0.25, 0.3) is 0 Å². The third kappa shape index (κ3) is 4.15. The van der Waals surface area contributed by atoms with Crippen molar-refractivity contribution in [3.05, 3.63) is 28.2 Å². The first-order valence-corrected chi connectivity index (χ1v) is 5.84. The zero-order valence-corrected chi connectivity index (χ0v) is 11.4. The molecule has 0 aliphatic heterocycles. The van der Waals surface area contributed by atoms with Crippen LogP contribution in [-0.4, -0.2) is 27.1 Å². The molecular weight excluding hydrogens is 315 g/mol. The number of methoxy groups -OCH3 is 2. The lowest BCUT2D eigenvalue weighted by atomic mass is 10.1. The zero-order valence-electron chi connectivity index (χ0n) is 9.84. The lowest BCUT2D eigenvalue weighted by Gasteiger charge is -2.18. The molecule has 0 bridgehead atoms. The molecule has 3 nitrogen and oxygen atoms in total. The highest BCUT2D eigenvalue weighted by Gasteiger charge is 2.33. The van der Waals surface area contributed by atoms with Crippen molar-refractivity contribution in [3.8, 4) is 0 Å². The Kier molecular flexibility index (Phi) is 5.43. The minimum Gasteiger partial charge on any atom is -0.379 e. The Hall–Kier alpha value is -0.790. The molecule has 0 atom stereocenters. The van der Waals surface area contributed by atoms with E-state index in [9.17, 15) is 13.2 Å². The molecule has 0 fully saturated rings. The molecule has 102 valence electrons. The van der Waals surface area contributed by atoms with Gasteiger partial charge in [0.15, 0.2) is 6.29 Å². The summed E-state index contributed by atoms with van der Waals surface area (Å²) in [7, 11) is 2.84. The highest BCUT2D eigenvalue weighted by molar-refractivity contribution is 9.10. The van der Waals surface area contributed by atoms with Gasteiger partial charge < -0.3 is 14.8 Å². The molecule has 1 rings (SSSR count). The van der Waals surface area contributed by atoms with Gasteiger partial charge in [-0.1, -0.05) is 15.9 Å². The first-order chi connectivity index (χ1) is 8.38. The Balaban J connectivity index is 2.88. The summed E-state index contributed by atoms with van der Waals surface area (Å²) in [4.78, 5) is 0. The van der Waals surface area contributed by atoms with Crippen molar-refractivity contribution >= 4 is 21.6 Å². The minimum atomic E-state index is -4.41.